The summed E-state index contributed by atoms with van der Waals surface area (Å²) >= 11 is 0. The first-order chi connectivity index (χ1) is 13.5. The average molecular weight is 379 g/mol. The minimum Gasteiger partial charge on any atom is -0.473 e. The highest BCUT2D eigenvalue weighted by molar-refractivity contribution is 6.27. The number of aliphatic carboxylic acids is 2. The highest BCUT2D eigenvalue weighted by atomic mass is 16.4. The van der Waals surface area contributed by atoms with Crippen molar-refractivity contribution in [2.45, 2.75) is 25.3 Å². The highest BCUT2D eigenvalue weighted by Gasteiger charge is 2.09. The molecule has 5 nitrogen and oxygen atoms in total. The van der Waals surface area contributed by atoms with E-state index in [-0.39, 0.29) is 0 Å². The van der Waals surface area contributed by atoms with Crippen molar-refractivity contribution >= 4 is 22.7 Å². The topological polar surface area (TPSA) is 86.6 Å². The van der Waals surface area contributed by atoms with Gasteiger partial charge in [-0.1, -0.05) is 72.8 Å². The number of carboxylic acid groups (broad SMARTS) is 2. The van der Waals surface area contributed by atoms with E-state index >= 15 is 0 Å². The van der Waals surface area contributed by atoms with Gasteiger partial charge in [-0.3, -0.25) is 0 Å². The maximum absolute atomic E-state index is 9.10. The summed E-state index contributed by atoms with van der Waals surface area (Å²) in [4.78, 5) is 18.2. The summed E-state index contributed by atoms with van der Waals surface area (Å²) in [7, 11) is 2.05. The summed E-state index contributed by atoms with van der Waals surface area (Å²) in [6.45, 7) is 0. The van der Waals surface area contributed by atoms with Gasteiger partial charge in [0.05, 0.1) is 0 Å². The third-order valence-corrected chi connectivity index (χ3v) is 4.55. The summed E-state index contributed by atoms with van der Waals surface area (Å²) in [6, 6.07) is 26.5. The third kappa shape index (κ3) is 6.21. The molecule has 0 aromatic heterocycles. The van der Waals surface area contributed by atoms with Gasteiger partial charge in [-0.05, 0) is 48.2 Å². The smallest absolute Gasteiger partial charge is 0.414 e. The minimum absolute atomic E-state index is 0.441. The summed E-state index contributed by atoms with van der Waals surface area (Å²) in [6.07, 6.45) is 3.48. The van der Waals surface area contributed by atoms with Gasteiger partial charge >= 0.3 is 11.9 Å². The van der Waals surface area contributed by atoms with Gasteiger partial charge in [0.25, 0.3) is 0 Å². The fourth-order valence-electron chi connectivity index (χ4n) is 3.17. The molecule has 0 radical (unpaired) electrons. The van der Waals surface area contributed by atoms with Gasteiger partial charge in [0.2, 0.25) is 0 Å². The van der Waals surface area contributed by atoms with E-state index in [1.807, 2.05) is 0 Å². The zero-order valence-corrected chi connectivity index (χ0v) is 15.8. The number of nitrogens with one attached hydrogen (secondary N) is 1. The Hall–Kier alpha value is -3.18. The van der Waals surface area contributed by atoms with Gasteiger partial charge in [-0.15, -0.1) is 0 Å². The van der Waals surface area contributed by atoms with Gasteiger partial charge in [-0.2, -0.15) is 0 Å². The number of hydrogen-bond donors (Lipinski definition) is 3. The number of rotatable bonds is 6. The van der Waals surface area contributed by atoms with Crippen LogP contribution in [0.15, 0.2) is 72.8 Å². The Morgan fingerprint density at radius 1 is 0.857 bits per heavy atom. The lowest BCUT2D eigenvalue weighted by Gasteiger charge is -2.16. The molecule has 3 aromatic carbocycles. The van der Waals surface area contributed by atoms with Crippen molar-refractivity contribution in [3.8, 4) is 0 Å². The van der Waals surface area contributed by atoms with Gasteiger partial charge in [0.1, 0.15) is 0 Å². The molecule has 0 bridgehead atoms. The SMILES string of the molecule is CNC(CCCc1cccc2ccccc12)c1ccccc1.O=C(O)C(=O)O. The lowest BCUT2D eigenvalue weighted by Crippen LogP contribution is -2.16. The van der Waals surface area contributed by atoms with Crippen molar-refractivity contribution in [1.82, 2.24) is 5.32 Å². The monoisotopic (exact) mass is 379 g/mol. The molecular formula is C23H25NO4. The summed E-state index contributed by atoms with van der Waals surface area (Å²) < 4.78 is 0. The number of fused-ring (bicyclic) bond motifs is 1. The van der Waals surface area contributed by atoms with Crippen molar-refractivity contribution in [1.29, 1.82) is 0 Å². The van der Waals surface area contributed by atoms with Crippen LogP contribution in [0, 0.1) is 0 Å². The normalized spacial score (nSPS) is 11.3. The van der Waals surface area contributed by atoms with E-state index in [1.165, 1.54) is 28.3 Å². The first-order valence-electron chi connectivity index (χ1n) is 9.18. The van der Waals surface area contributed by atoms with Crippen LogP contribution in [0.1, 0.15) is 30.0 Å². The van der Waals surface area contributed by atoms with E-state index < -0.39 is 11.9 Å². The van der Waals surface area contributed by atoms with Crippen LogP contribution in [-0.4, -0.2) is 29.2 Å². The fraction of sp³-hybridized carbons (Fsp3) is 0.217. The molecule has 1 unspecified atom stereocenters. The Labute approximate surface area is 164 Å². The molecule has 0 aliphatic rings. The molecule has 0 fully saturated rings. The Morgan fingerprint density at radius 2 is 1.46 bits per heavy atom. The molecule has 0 aliphatic carbocycles. The zero-order chi connectivity index (χ0) is 20.4. The maximum atomic E-state index is 9.10. The van der Waals surface area contributed by atoms with Crippen LogP contribution in [0.4, 0.5) is 0 Å². The first-order valence-corrected chi connectivity index (χ1v) is 9.18. The molecule has 0 saturated heterocycles. The van der Waals surface area contributed by atoms with Crippen LogP contribution in [0.3, 0.4) is 0 Å². The van der Waals surface area contributed by atoms with Crippen LogP contribution < -0.4 is 5.32 Å². The van der Waals surface area contributed by atoms with Crippen molar-refractivity contribution in [2.24, 2.45) is 0 Å². The van der Waals surface area contributed by atoms with Crippen LogP contribution in [0.5, 0.6) is 0 Å². The third-order valence-electron chi connectivity index (χ3n) is 4.55. The molecule has 146 valence electrons. The van der Waals surface area contributed by atoms with Crippen LogP contribution in [-0.2, 0) is 16.0 Å². The Morgan fingerprint density at radius 3 is 2.11 bits per heavy atom. The Kier molecular flexibility index (Phi) is 8.18. The van der Waals surface area contributed by atoms with E-state index in [9.17, 15) is 0 Å². The largest absolute Gasteiger partial charge is 0.473 e. The molecule has 0 spiro atoms. The van der Waals surface area contributed by atoms with Gasteiger partial charge in [0.15, 0.2) is 0 Å². The second-order valence-corrected chi connectivity index (χ2v) is 6.39. The van der Waals surface area contributed by atoms with Crippen molar-refractivity contribution in [3.05, 3.63) is 83.9 Å². The predicted molar refractivity (Wildman–Crippen MR) is 110 cm³/mol. The molecular weight excluding hydrogens is 354 g/mol. The van der Waals surface area contributed by atoms with Gasteiger partial charge in [0, 0.05) is 6.04 Å². The summed E-state index contributed by atoms with van der Waals surface area (Å²) in [5.41, 5.74) is 2.84. The predicted octanol–water partition coefficient (Wildman–Crippen LogP) is 4.28. The number of aryl methyl sites for hydroxylation is 1. The molecule has 0 heterocycles. The molecule has 3 aromatic rings. The average Bonchev–Trinajstić information content (AvgIpc) is 2.72. The molecule has 5 heteroatoms. The zero-order valence-electron chi connectivity index (χ0n) is 15.8. The second kappa shape index (κ2) is 10.8. The minimum atomic E-state index is -1.82. The van der Waals surface area contributed by atoms with E-state index in [1.54, 1.807) is 0 Å². The molecule has 1 atom stereocenters. The van der Waals surface area contributed by atoms with Gasteiger partial charge in [-0.25, -0.2) is 9.59 Å². The molecule has 28 heavy (non-hydrogen) atoms. The van der Waals surface area contributed by atoms with Crippen molar-refractivity contribution < 1.29 is 19.8 Å². The van der Waals surface area contributed by atoms with Crippen molar-refractivity contribution in [2.75, 3.05) is 7.05 Å². The molecule has 0 amide bonds. The Bertz CT molecular complexity index is 891. The lowest BCUT2D eigenvalue weighted by molar-refractivity contribution is -0.159. The molecule has 3 rings (SSSR count). The number of carboxylic acids is 2. The van der Waals surface area contributed by atoms with Crippen LogP contribution in [0.25, 0.3) is 10.8 Å². The van der Waals surface area contributed by atoms with Crippen LogP contribution in [0.2, 0.25) is 0 Å². The summed E-state index contributed by atoms with van der Waals surface area (Å²) in [5.74, 6) is -3.65. The van der Waals surface area contributed by atoms with Gasteiger partial charge < -0.3 is 15.5 Å². The van der Waals surface area contributed by atoms with E-state index in [0.29, 0.717) is 6.04 Å². The maximum Gasteiger partial charge on any atom is 0.414 e. The molecule has 0 aliphatic heterocycles. The quantitative estimate of drug-likeness (QED) is 0.557. The highest BCUT2D eigenvalue weighted by Crippen LogP contribution is 2.23. The standard InChI is InChI=1S/C21H23N.C2H2O4/c1-22-21(19-10-3-2-4-11-19)16-8-14-18-13-7-12-17-9-5-6-15-20(17)18;3-1(4)2(5)6/h2-7,9-13,15,21-22H,8,14,16H2,1H3;(H,3,4)(H,5,6). The van der Waals surface area contributed by atoms with Crippen molar-refractivity contribution in [3.63, 3.8) is 0 Å². The second-order valence-electron chi connectivity index (χ2n) is 6.39. The number of hydrogen-bond acceptors (Lipinski definition) is 3. The van der Waals surface area contributed by atoms with E-state index in [0.717, 1.165) is 12.8 Å². The van der Waals surface area contributed by atoms with Crippen LogP contribution >= 0.6 is 0 Å². The van der Waals surface area contributed by atoms with E-state index in [2.05, 4.69) is 85.2 Å². The lowest BCUT2D eigenvalue weighted by atomic mass is 9.96. The Balaban J connectivity index is 0.000000409. The molecule has 0 saturated carbocycles. The molecule has 3 N–H and O–H groups in total. The fourth-order valence-corrected chi connectivity index (χ4v) is 3.17. The number of carbonyl (C=O) groups is 2. The number of benzene rings is 3. The first kappa shape index (κ1) is 21.1. The van der Waals surface area contributed by atoms with E-state index in [4.69, 9.17) is 19.8 Å². The summed E-state index contributed by atoms with van der Waals surface area (Å²) in [5, 5.41) is 21.0.